The summed E-state index contributed by atoms with van der Waals surface area (Å²) in [4.78, 5) is 10.3. The van der Waals surface area contributed by atoms with Gasteiger partial charge in [-0.1, -0.05) is 212 Å². The number of thiophene rings is 1. The summed E-state index contributed by atoms with van der Waals surface area (Å²) in [6.45, 7) is 0. The van der Waals surface area contributed by atoms with Gasteiger partial charge in [0.25, 0.3) is 0 Å². The molecule has 11 aromatic rings. The first-order valence-corrected chi connectivity index (χ1v) is 22.0. The summed E-state index contributed by atoms with van der Waals surface area (Å²) in [6, 6.07) is 83.4. The highest BCUT2D eigenvalue weighted by molar-refractivity contribution is 7.26. The number of benzene rings is 9. The summed E-state index contributed by atoms with van der Waals surface area (Å²) in [6.07, 6.45) is 0. The van der Waals surface area contributed by atoms with Crippen LogP contribution in [0.15, 0.2) is 231 Å². The van der Waals surface area contributed by atoms with Crippen molar-refractivity contribution in [1.29, 1.82) is 0 Å². The molecule has 0 saturated heterocycles. The van der Waals surface area contributed by atoms with E-state index in [-0.39, 0.29) is 0 Å². The topological polar surface area (TPSA) is 25.8 Å². The van der Waals surface area contributed by atoms with Gasteiger partial charge in [0.15, 0.2) is 5.82 Å². The van der Waals surface area contributed by atoms with E-state index in [1.54, 1.807) is 0 Å². The molecule has 2 aromatic heterocycles. The highest BCUT2D eigenvalue weighted by atomic mass is 32.1. The van der Waals surface area contributed by atoms with Gasteiger partial charge in [0.1, 0.15) is 0 Å². The number of rotatable bonds is 7. The van der Waals surface area contributed by atoms with Crippen molar-refractivity contribution in [3.8, 4) is 67.3 Å². The van der Waals surface area contributed by atoms with Crippen molar-refractivity contribution in [1.82, 2.24) is 9.97 Å². The van der Waals surface area contributed by atoms with Crippen LogP contribution < -0.4 is 0 Å². The van der Waals surface area contributed by atoms with E-state index in [1.165, 1.54) is 70.2 Å². The lowest BCUT2D eigenvalue weighted by Crippen LogP contribution is -2.28. The molecule has 0 saturated carbocycles. The fourth-order valence-corrected chi connectivity index (χ4v) is 11.0. The lowest BCUT2D eigenvalue weighted by atomic mass is 9.67. The van der Waals surface area contributed by atoms with Crippen molar-refractivity contribution < 1.29 is 0 Å². The van der Waals surface area contributed by atoms with E-state index in [1.807, 2.05) is 29.5 Å². The van der Waals surface area contributed by atoms with Crippen LogP contribution >= 0.6 is 11.3 Å². The van der Waals surface area contributed by atoms with Crippen LogP contribution in [0, 0.1) is 0 Å². The first-order chi connectivity index (χ1) is 30.7. The van der Waals surface area contributed by atoms with Gasteiger partial charge in [-0.15, -0.1) is 11.3 Å². The van der Waals surface area contributed by atoms with E-state index in [9.17, 15) is 0 Å². The minimum atomic E-state index is -0.445. The van der Waals surface area contributed by atoms with Crippen LogP contribution in [0.1, 0.15) is 22.3 Å². The molecule has 2 heterocycles. The third kappa shape index (κ3) is 5.85. The number of hydrogen-bond donors (Lipinski definition) is 0. The maximum atomic E-state index is 5.17. The van der Waals surface area contributed by atoms with Gasteiger partial charge in [-0.25, -0.2) is 9.97 Å². The second kappa shape index (κ2) is 14.8. The minimum Gasteiger partial charge on any atom is -0.228 e. The quantitative estimate of drug-likeness (QED) is 0.160. The third-order valence-electron chi connectivity index (χ3n) is 12.6. The lowest BCUT2D eigenvalue weighted by Gasteiger charge is -2.34. The average molecular weight is 807 g/mol. The monoisotopic (exact) mass is 806 g/mol. The molecule has 62 heavy (non-hydrogen) atoms. The van der Waals surface area contributed by atoms with Crippen molar-refractivity contribution in [3.63, 3.8) is 0 Å². The molecule has 1 aliphatic carbocycles. The minimum absolute atomic E-state index is 0.445. The van der Waals surface area contributed by atoms with E-state index < -0.39 is 5.41 Å². The molecule has 0 radical (unpaired) electrons. The second-order valence-electron chi connectivity index (χ2n) is 16.1. The summed E-state index contributed by atoms with van der Waals surface area (Å²) in [5.74, 6) is 0.706. The Balaban J connectivity index is 0.931. The smallest absolute Gasteiger partial charge is 0.160 e. The Morgan fingerprint density at radius 2 is 0.839 bits per heavy atom. The molecule has 290 valence electrons. The van der Waals surface area contributed by atoms with Gasteiger partial charge in [0.05, 0.1) is 16.8 Å². The normalized spacial score (nSPS) is 12.6. The van der Waals surface area contributed by atoms with Gasteiger partial charge in [0.2, 0.25) is 0 Å². The van der Waals surface area contributed by atoms with Crippen LogP contribution in [-0.2, 0) is 5.41 Å². The standard InChI is InChI=1S/C59H38N2S/c1-4-15-43(16-5-1)58-60-54(38-55(61-58)42-33-29-40(30-34-42)47-23-14-24-51-50-22-11-13-26-56(50)62-57(47)51)41-31-27-39(28-32-41)44-35-36-49-48-21-10-12-25-52(48)59(53(49)37-44,45-17-6-2-7-18-45)46-19-8-3-9-20-46/h1-38H. The van der Waals surface area contributed by atoms with E-state index in [4.69, 9.17) is 9.97 Å². The molecule has 0 amide bonds. The van der Waals surface area contributed by atoms with Crippen molar-refractivity contribution in [3.05, 3.63) is 253 Å². The molecule has 2 nitrogen and oxygen atoms in total. The number of fused-ring (bicyclic) bond motifs is 6. The van der Waals surface area contributed by atoms with Crippen LogP contribution in [0.25, 0.3) is 87.5 Å². The molecule has 0 atom stereocenters. The summed E-state index contributed by atoms with van der Waals surface area (Å²) >= 11 is 1.86. The fourth-order valence-electron chi connectivity index (χ4n) is 9.71. The Morgan fingerprint density at radius 1 is 0.323 bits per heavy atom. The molecular weight excluding hydrogens is 769 g/mol. The Hall–Kier alpha value is -7.72. The average Bonchev–Trinajstić information content (AvgIpc) is 3.89. The predicted molar refractivity (Wildman–Crippen MR) is 259 cm³/mol. The SMILES string of the molecule is c1ccc(-c2nc(-c3ccc(-c4ccc5c(c4)C(c4ccccc4)(c4ccccc4)c4ccccc4-5)cc3)cc(-c3ccc(-c4cccc5c4sc4ccccc45)cc3)n2)cc1. The molecule has 3 heteroatoms. The Bertz CT molecular complexity index is 3390. The molecule has 12 rings (SSSR count). The summed E-state index contributed by atoms with van der Waals surface area (Å²) in [5.41, 5.74) is 16.9. The first-order valence-electron chi connectivity index (χ1n) is 21.1. The Morgan fingerprint density at radius 3 is 1.53 bits per heavy atom. The molecular formula is C59H38N2S. The molecule has 0 spiro atoms. The molecule has 0 aliphatic heterocycles. The second-order valence-corrected chi connectivity index (χ2v) is 17.1. The van der Waals surface area contributed by atoms with Gasteiger partial charge in [-0.3, -0.25) is 0 Å². The van der Waals surface area contributed by atoms with Crippen molar-refractivity contribution in [2.24, 2.45) is 0 Å². The molecule has 1 aliphatic rings. The van der Waals surface area contributed by atoms with Crippen LogP contribution in [0.3, 0.4) is 0 Å². The van der Waals surface area contributed by atoms with Crippen molar-refractivity contribution in [2.45, 2.75) is 5.41 Å². The third-order valence-corrected chi connectivity index (χ3v) is 13.8. The van der Waals surface area contributed by atoms with Crippen LogP contribution in [0.4, 0.5) is 0 Å². The number of hydrogen-bond acceptors (Lipinski definition) is 3. The summed E-state index contributed by atoms with van der Waals surface area (Å²) in [5, 5.41) is 2.62. The summed E-state index contributed by atoms with van der Waals surface area (Å²) in [7, 11) is 0. The van der Waals surface area contributed by atoms with Gasteiger partial charge >= 0.3 is 0 Å². The highest BCUT2D eigenvalue weighted by Gasteiger charge is 2.46. The van der Waals surface area contributed by atoms with Gasteiger partial charge in [0, 0.05) is 36.9 Å². The van der Waals surface area contributed by atoms with E-state index in [2.05, 4.69) is 212 Å². The Kier molecular flexibility index (Phi) is 8.62. The zero-order valence-corrected chi connectivity index (χ0v) is 34.6. The molecule has 0 bridgehead atoms. The summed E-state index contributed by atoms with van der Waals surface area (Å²) < 4.78 is 2.63. The van der Waals surface area contributed by atoms with E-state index >= 15 is 0 Å². The van der Waals surface area contributed by atoms with Gasteiger partial charge < -0.3 is 0 Å². The highest BCUT2D eigenvalue weighted by Crippen LogP contribution is 2.56. The maximum Gasteiger partial charge on any atom is 0.160 e. The van der Waals surface area contributed by atoms with Crippen molar-refractivity contribution in [2.75, 3.05) is 0 Å². The predicted octanol–water partition coefficient (Wildman–Crippen LogP) is 15.5. The molecule has 0 N–H and O–H groups in total. The largest absolute Gasteiger partial charge is 0.228 e. The molecule has 0 fully saturated rings. The van der Waals surface area contributed by atoms with Gasteiger partial charge in [-0.2, -0.15) is 0 Å². The zero-order chi connectivity index (χ0) is 41.0. The van der Waals surface area contributed by atoms with Crippen LogP contribution in [0.2, 0.25) is 0 Å². The fraction of sp³-hybridized carbons (Fsp3) is 0.0169. The molecule has 9 aromatic carbocycles. The van der Waals surface area contributed by atoms with E-state index in [0.717, 1.165) is 33.6 Å². The lowest BCUT2D eigenvalue weighted by molar-refractivity contribution is 0.769. The Labute approximate surface area is 365 Å². The zero-order valence-electron chi connectivity index (χ0n) is 33.7. The van der Waals surface area contributed by atoms with Gasteiger partial charge in [-0.05, 0) is 73.8 Å². The van der Waals surface area contributed by atoms with E-state index in [0.29, 0.717) is 5.82 Å². The maximum absolute atomic E-state index is 5.17. The van der Waals surface area contributed by atoms with Crippen molar-refractivity contribution >= 4 is 31.5 Å². The number of aromatic nitrogens is 2. The van der Waals surface area contributed by atoms with Crippen LogP contribution in [-0.4, -0.2) is 9.97 Å². The molecule has 0 unspecified atom stereocenters. The first kappa shape index (κ1) is 36.2. The van der Waals surface area contributed by atoms with Crippen LogP contribution in [0.5, 0.6) is 0 Å². The number of nitrogens with zero attached hydrogens (tertiary/aromatic N) is 2.